The van der Waals surface area contributed by atoms with Crippen LogP contribution in [-0.2, 0) is 19.0 Å². The number of esters is 1. The summed E-state index contributed by atoms with van der Waals surface area (Å²) in [6, 6.07) is 0. The van der Waals surface area contributed by atoms with E-state index in [0.29, 0.717) is 25.8 Å². The summed E-state index contributed by atoms with van der Waals surface area (Å²) in [7, 11) is 0. The molecule has 3 atom stereocenters. The van der Waals surface area contributed by atoms with Gasteiger partial charge in [-0.15, -0.1) is 0 Å². The number of carbonyl (C=O) groups excluding carboxylic acids is 2. The fraction of sp³-hybridized carbons (Fsp3) is 0.636. The van der Waals surface area contributed by atoms with Crippen LogP contribution < -0.4 is 16.6 Å². The topological polar surface area (TPSA) is 149 Å². The highest BCUT2D eigenvalue weighted by molar-refractivity contribution is 9.11. The number of ether oxygens (including phenoxy) is 3. The van der Waals surface area contributed by atoms with Gasteiger partial charge in [-0.05, 0) is 44.7 Å². The van der Waals surface area contributed by atoms with Gasteiger partial charge in [0.05, 0.1) is 12.2 Å². The lowest BCUT2D eigenvalue weighted by molar-refractivity contribution is -0.153. The molecule has 1 aliphatic heterocycles. The Balaban J connectivity index is 1.81. The molecule has 190 valence electrons. The van der Waals surface area contributed by atoms with Crippen LogP contribution in [0.25, 0.3) is 6.08 Å². The van der Waals surface area contributed by atoms with Gasteiger partial charge in [0.15, 0.2) is 0 Å². The van der Waals surface area contributed by atoms with Crippen LogP contribution in [0.5, 0.6) is 0 Å². The van der Waals surface area contributed by atoms with Crippen LogP contribution in [0.3, 0.4) is 0 Å². The predicted octanol–water partition coefficient (Wildman–Crippen LogP) is 2.18. The van der Waals surface area contributed by atoms with E-state index in [4.69, 9.17) is 14.2 Å². The van der Waals surface area contributed by atoms with Gasteiger partial charge in [-0.1, -0.05) is 22.4 Å². The van der Waals surface area contributed by atoms with E-state index in [1.165, 1.54) is 21.8 Å². The lowest BCUT2D eigenvalue weighted by Gasteiger charge is -2.19. The molecule has 2 rings (SSSR count). The molecule has 0 aliphatic carbocycles. The van der Waals surface area contributed by atoms with Gasteiger partial charge < -0.3 is 24.6 Å². The van der Waals surface area contributed by atoms with Gasteiger partial charge in [0.25, 0.3) is 5.56 Å². The second-order valence-electron chi connectivity index (χ2n) is 8.86. The van der Waals surface area contributed by atoms with Crippen molar-refractivity contribution >= 4 is 34.1 Å². The second kappa shape index (κ2) is 12.9. The molecular formula is C22H32BrN3O8. The normalized spacial score (nSPS) is 20.4. The maximum atomic E-state index is 12.3. The molecule has 2 heterocycles. The zero-order chi connectivity index (χ0) is 25.3. The number of hydrogen-bond acceptors (Lipinski definition) is 8. The second-order valence-corrected chi connectivity index (χ2v) is 9.39. The van der Waals surface area contributed by atoms with Crippen molar-refractivity contribution in [2.45, 2.75) is 76.9 Å². The Hall–Kier alpha value is -2.44. The number of hydrogen-bond donors (Lipinski definition) is 3. The first kappa shape index (κ1) is 27.8. The molecule has 0 aromatic carbocycles. The quantitative estimate of drug-likeness (QED) is 0.299. The SMILES string of the molecule is CC(C)(C)OC(=O)NCCCCCC(=O)O[C@H]1C[C@H](n2cc(/C=C/Br)c(=O)[nH]c2=O)O[C@@H]1CO. The van der Waals surface area contributed by atoms with Crippen LogP contribution in [0.1, 0.15) is 64.7 Å². The Kier molecular flexibility index (Phi) is 10.5. The zero-order valence-corrected chi connectivity index (χ0v) is 21.1. The number of aromatic nitrogens is 2. The number of nitrogens with zero attached hydrogens (tertiary/aromatic N) is 1. The monoisotopic (exact) mass is 545 g/mol. The van der Waals surface area contributed by atoms with E-state index < -0.39 is 54.0 Å². The van der Waals surface area contributed by atoms with Crippen LogP contribution in [0, 0.1) is 0 Å². The number of unbranched alkanes of at least 4 members (excludes halogenated alkanes) is 2. The smallest absolute Gasteiger partial charge is 0.407 e. The third-order valence-electron chi connectivity index (χ3n) is 4.92. The van der Waals surface area contributed by atoms with Gasteiger partial charge in [0.1, 0.15) is 24.0 Å². The summed E-state index contributed by atoms with van der Waals surface area (Å²) in [5.74, 6) is -0.440. The highest BCUT2D eigenvalue weighted by Crippen LogP contribution is 2.30. The number of halogens is 1. The highest BCUT2D eigenvalue weighted by atomic mass is 79.9. The summed E-state index contributed by atoms with van der Waals surface area (Å²) in [6.45, 7) is 5.41. The number of H-pyrrole nitrogens is 1. The maximum absolute atomic E-state index is 12.3. The molecule has 0 spiro atoms. The van der Waals surface area contributed by atoms with Crippen molar-refractivity contribution in [1.29, 1.82) is 0 Å². The Morgan fingerprint density at radius 3 is 2.71 bits per heavy atom. The van der Waals surface area contributed by atoms with Crippen LogP contribution in [-0.4, -0.2) is 57.7 Å². The van der Waals surface area contributed by atoms with Gasteiger partial charge in [-0.3, -0.25) is 19.1 Å². The number of amides is 1. The van der Waals surface area contributed by atoms with Gasteiger partial charge in [-0.25, -0.2) is 9.59 Å². The van der Waals surface area contributed by atoms with E-state index in [1.54, 1.807) is 20.8 Å². The molecule has 11 nitrogen and oxygen atoms in total. The molecular weight excluding hydrogens is 514 g/mol. The summed E-state index contributed by atoms with van der Waals surface area (Å²) < 4.78 is 17.5. The minimum atomic E-state index is -0.805. The summed E-state index contributed by atoms with van der Waals surface area (Å²) in [6.07, 6.45) is 2.31. The Labute approximate surface area is 205 Å². The molecule has 1 amide bonds. The largest absolute Gasteiger partial charge is 0.459 e. The number of aromatic amines is 1. The highest BCUT2D eigenvalue weighted by Gasteiger charge is 2.39. The minimum Gasteiger partial charge on any atom is -0.459 e. The van der Waals surface area contributed by atoms with Gasteiger partial charge >= 0.3 is 17.8 Å². The van der Waals surface area contributed by atoms with Crippen molar-refractivity contribution in [2.24, 2.45) is 0 Å². The first-order chi connectivity index (χ1) is 16.0. The van der Waals surface area contributed by atoms with E-state index in [9.17, 15) is 24.3 Å². The fourth-order valence-corrected chi connectivity index (χ4v) is 3.65. The van der Waals surface area contributed by atoms with Crippen molar-refractivity contribution in [3.05, 3.63) is 37.6 Å². The van der Waals surface area contributed by atoms with Crippen molar-refractivity contribution in [2.75, 3.05) is 13.2 Å². The van der Waals surface area contributed by atoms with E-state index in [-0.39, 0.29) is 18.4 Å². The number of nitrogens with one attached hydrogen (secondary N) is 2. The molecule has 1 fully saturated rings. The van der Waals surface area contributed by atoms with Gasteiger partial charge in [0, 0.05) is 25.6 Å². The standard InChI is InChI=1S/C22H32BrN3O8/c1-22(2,3)34-21(31)24-10-6-4-5-7-18(28)33-15-11-17(32-16(15)13-27)26-12-14(8-9-23)19(29)25-20(26)30/h8-9,12,15-17,27H,4-7,10-11,13H2,1-3H3,(H,24,31)(H,25,29,30)/b9-8+/t15-,16+,17+/m0/s1. The van der Waals surface area contributed by atoms with E-state index >= 15 is 0 Å². The Bertz CT molecular complexity index is 982. The molecule has 3 N–H and O–H groups in total. The Morgan fingerprint density at radius 2 is 2.06 bits per heavy atom. The molecule has 34 heavy (non-hydrogen) atoms. The zero-order valence-electron chi connectivity index (χ0n) is 19.5. The molecule has 0 radical (unpaired) electrons. The van der Waals surface area contributed by atoms with Crippen LogP contribution >= 0.6 is 15.9 Å². The third kappa shape index (κ3) is 8.73. The molecule has 1 aromatic heterocycles. The van der Waals surface area contributed by atoms with E-state index in [1.807, 2.05) is 0 Å². The van der Waals surface area contributed by atoms with Crippen molar-refractivity contribution in [1.82, 2.24) is 14.9 Å². The minimum absolute atomic E-state index is 0.153. The third-order valence-corrected chi connectivity index (χ3v) is 5.18. The molecule has 0 saturated carbocycles. The average Bonchev–Trinajstić information content (AvgIpc) is 3.13. The summed E-state index contributed by atoms with van der Waals surface area (Å²) >= 11 is 3.09. The van der Waals surface area contributed by atoms with Crippen LogP contribution in [0.4, 0.5) is 4.79 Å². The van der Waals surface area contributed by atoms with Crippen molar-refractivity contribution in [3.8, 4) is 0 Å². The fourth-order valence-electron chi connectivity index (χ4n) is 3.36. The molecule has 12 heteroatoms. The Morgan fingerprint density at radius 1 is 1.32 bits per heavy atom. The average molecular weight is 546 g/mol. The summed E-state index contributed by atoms with van der Waals surface area (Å²) in [5, 5.41) is 12.3. The number of aliphatic hydroxyl groups is 1. The number of alkyl carbamates (subject to hydrolysis) is 1. The van der Waals surface area contributed by atoms with E-state index in [0.717, 1.165) is 0 Å². The number of aliphatic hydroxyl groups excluding tert-OH is 1. The first-order valence-electron chi connectivity index (χ1n) is 11.1. The predicted molar refractivity (Wildman–Crippen MR) is 127 cm³/mol. The molecule has 0 unspecified atom stereocenters. The number of carbonyl (C=O) groups is 2. The van der Waals surface area contributed by atoms with E-state index in [2.05, 4.69) is 26.2 Å². The number of rotatable bonds is 10. The summed E-state index contributed by atoms with van der Waals surface area (Å²) in [5.41, 5.74) is -1.52. The lowest BCUT2D eigenvalue weighted by atomic mass is 10.1. The molecule has 1 aliphatic rings. The lowest BCUT2D eigenvalue weighted by Crippen LogP contribution is -2.33. The molecule has 1 aromatic rings. The van der Waals surface area contributed by atoms with Crippen LogP contribution in [0.2, 0.25) is 0 Å². The first-order valence-corrected chi connectivity index (χ1v) is 12.0. The van der Waals surface area contributed by atoms with Crippen LogP contribution in [0.15, 0.2) is 20.8 Å². The van der Waals surface area contributed by atoms with Crippen molar-refractivity contribution in [3.63, 3.8) is 0 Å². The molecule has 1 saturated heterocycles. The van der Waals surface area contributed by atoms with Gasteiger partial charge in [-0.2, -0.15) is 0 Å². The van der Waals surface area contributed by atoms with Crippen molar-refractivity contribution < 1.29 is 28.9 Å². The van der Waals surface area contributed by atoms with Gasteiger partial charge in [0.2, 0.25) is 0 Å². The maximum Gasteiger partial charge on any atom is 0.407 e. The summed E-state index contributed by atoms with van der Waals surface area (Å²) in [4.78, 5) is 51.7. The molecule has 0 bridgehead atoms.